The van der Waals surface area contributed by atoms with Crippen molar-refractivity contribution in [2.45, 2.75) is 38.3 Å². The lowest BCUT2D eigenvalue weighted by molar-refractivity contribution is -0.118. The van der Waals surface area contributed by atoms with Gasteiger partial charge in [-0.3, -0.25) is 9.36 Å². The molecular weight excluding hydrogens is 510 g/mol. The van der Waals surface area contributed by atoms with Gasteiger partial charge in [-0.25, -0.2) is 5.43 Å². The van der Waals surface area contributed by atoms with Crippen LogP contribution in [0.1, 0.15) is 38.8 Å². The predicted octanol–water partition coefficient (Wildman–Crippen LogP) is 5.88. The van der Waals surface area contributed by atoms with Crippen LogP contribution in [-0.4, -0.2) is 46.4 Å². The van der Waals surface area contributed by atoms with Crippen molar-refractivity contribution in [2.24, 2.45) is 5.10 Å². The van der Waals surface area contributed by atoms with Gasteiger partial charge in [0.25, 0.3) is 5.91 Å². The fraction of sp³-hybridized carbons (Fsp3) is 0.267. The monoisotopic (exact) mass is 543 g/mol. The van der Waals surface area contributed by atoms with Crippen LogP contribution in [0.25, 0.3) is 17.1 Å². The highest BCUT2D eigenvalue weighted by atomic mass is 32.2. The number of rotatable bonds is 9. The summed E-state index contributed by atoms with van der Waals surface area (Å²) in [5, 5.41) is 13.8. The molecular formula is C30H33N5O3S. The Morgan fingerprint density at radius 2 is 1.64 bits per heavy atom. The Hall–Kier alpha value is -4.11. The van der Waals surface area contributed by atoms with Gasteiger partial charge in [0.1, 0.15) is 11.5 Å². The molecule has 4 aromatic rings. The molecule has 3 aromatic carbocycles. The molecule has 1 aromatic heterocycles. The van der Waals surface area contributed by atoms with Crippen molar-refractivity contribution >= 4 is 23.4 Å². The van der Waals surface area contributed by atoms with Crippen LogP contribution < -0.4 is 14.9 Å². The molecule has 8 nitrogen and oxygen atoms in total. The summed E-state index contributed by atoms with van der Waals surface area (Å²) in [4.78, 5) is 12.7. The van der Waals surface area contributed by atoms with E-state index in [0.717, 1.165) is 28.3 Å². The molecule has 0 atom stereocenters. The minimum atomic E-state index is -0.248. The smallest absolute Gasteiger partial charge is 0.250 e. The first-order valence-electron chi connectivity index (χ1n) is 12.5. The van der Waals surface area contributed by atoms with Gasteiger partial charge in [-0.15, -0.1) is 10.2 Å². The van der Waals surface area contributed by atoms with E-state index in [4.69, 9.17) is 9.47 Å². The van der Waals surface area contributed by atoms with Crippen LogP contribution in [0.2, 0.25) is 0 Å². The third kappa shape index (κ3) is 6.86. The quantitative estimate of drug-likeness (QED) is 0.161. The van der Waals surface area contributed by atoms with Gasteiger partial charge in [-0.1, -0.05) is 68.9 Å². The van der Waals surface area contributed by atoms with Crippen molar-refractivity contribution in [3.05, 3.63) is 83.9 Å². The maximum absolute atomic E-state index is 12.7. The SMILES string of the molecule is COc1ccc(-n2c(SCC(=O)N/N=C(/C)c3cccc(OC)c3)nnc2-c2ccc(C(C)(C)C)cc2)cc1. The average molecular weight is 544 g/mol. The van der Waals surface area contributed by atoms with Crippen LogP contribution in [0.5, 0.6) is 11.5 Å². The molecule has 0 saturated carbocycles. The minimum Gasteiger partial charge on any atom is -0.497 e. The molecule has 0 aliphatic rings. The maximum atomic E-state index is 12.7. The van der Waals surface area contributed by atoms with Crippen LogP contribution in [0.4, 0.5) is 0 Å². The fourth-order valence-electron chi connectivity index (χ4n) is 3.85. The standard InChI is InChI=1S/C30H33N5O3S/c1-20(22-8-7-9-26(18-22)38-6)31-32-27(36)19-39-29-34-33-28(21-10-12-23(13-11-21)30(2,3)4)35(29)24-14-16-25(37-5)17-15-24/h7-18H,19H2,1-6H3,(H,32,36)/b31-20-. The molecule has 0 saturated heterocycles. The zero-order chi connectivity index (χ0) is 28.0. The van der Waals surface area contributed by atoms with E-state index < -0.39 is 0 Å². The zero-order valence-corrected chi connectivity index (χ0v) is 23.9. The highest BCUT2D eigenvalue weighted by Crippen LogP contribution is 2.30. The molecule has 9 heteroatoms. The first-order valence-corrected chi connectivity index (χ1v) is 13.5. The first kappa shape index (κ1) is 27.9. The summed E-state index contributed by atoms with van der Waals surface area (Å²) in [5.74, 6) is 2.04. The number of methoxy groups -OCH3 is 2. The number of amides is 1. The summed E-state index contributed by atoms with van der Waals surface area (Å²) in [6.45, 7) is 8.39. The molecule has 0 aliphatic carbocycles. The summed E-state index contributed by atoms with van der Waals surface area (Å²) < 4.78 is 12.5. The van der Waals surface area contributed by atoms with Crippen LogP contribution in [-0.2, 0) is 10.2 Å². The van der Waals surface area contributed by atoms with Crippen molar-refractivity contribution in [1.29, 1.82) is 0 Å². The van der Waals surface area contributed by atoms with E-state index in [-0.39, 0.29) is 17.1 Å². The molecule has 0 unspecified atom stereocenters. The number of thioether (sulfide) groups is 1. The lowest BCUT2D eigenvalue weighted by Crippen LogP contribution is -2.21. The van der Waals surface area contributed by atoms with Crippen molar-refractivity contribution in [1.82, 2.24) is 20.2 Å². The molecule has 4 rings (SSSR count). The van der Waals surface area contributed by atoms with Crippen LogP contribution in [0.3, 0.4) is 0 Å². The lowest BCUT2D eigenvalue weighted by Gasteiger charge is -2.19. The van der Waals surface area contributed by atoms with Gasteiger partial charge in [-0.05, 0) is 54.3 Å². The third-order valence-electron chi connectivity index (χ3n) is 6.14. The molecule has 202 valence electrons. The number of benzene rings is 3. The second kappa shape index (κ2) is 12.2. The second-order valence-corrected chi connectivity index (χ2v) is 10.9. The number of aromatic nitrogens is 3. The van der Waals surface area contributed by atoms with Gasteiger partial charge in [0.15, 0.2) is 11.0 Å². The molecule has 0 fully saturated rings. The van der Waals surface area contributed by atoms with E-state index in [1.54, 1.807) is 14.2 Å². The van der Waals surface area contributed by atoms with E-state index in [2.05, 4.69) is 65.8 Å². The number of ether oxygens (including phenoxy) is 2. The molecule has 1 N–H and O–H groups in total. The maximum Gasteiger partial charge on any atom is 0.250 e. The number of hydrogen-bond acceptors (Lipinski definition) is 7. The van der Waals surface area contributed by atoms with Crippen LogP contribution in [0.15, 0.2) is 83.1 Å². The van der Waals surface area contributed by atoms with E-state index in [9.17, 15) is 4.79 Å². The normalized spacial score (nSPS) is 11.8. The number of nitrogens with zero attached hydrogens (tertiary/aromatic N) is 4. The van der Waals surface area contributed by atoms with Crippen molar-refractivity contribution in [3.63, 3.8) is 0 Å². The van der Waals surface area contributed by atoms with Crippen molar-refractivity contribution in [3.8, 4) is 28.6 Å². The Kier molecular flexibility index (Phi) is 8.71. The highest BCUT2D eigenvalue weighted by molar-refractivity contribution is 7.99. The van der Waals surface area contributed by atoms with Crippen LogP contribution in [0, 0.1) is 0 Å². The van der Waals surface area contributed by atoms with Crippen LogP contribution >= 0.6 is 11.8 Å². The van der Waals surface area contributed by atoms with E-state index in [0.29, 0.717) is 16.7 Å². The Labute approximate surface area is 233 Å². The number of carbonyl (C=O) groups is 1. The summed E-state index contributed by atoms with van der Waals surface area (Å²) in [7, 11) is 3.25. The van der Waals surface area contributed by atoms with E-state index >= 15 is 0 Å². The molecule has 39 heavy (non-hydrogen) atoms. The average Bonchev–Trinajstić information content (AvgIpc) is 3.38. The summed E-state index contributed by atoms with van der Waals surface area (Å²) in [5.41, 5.74) is 7.25. The van der Waals surface area contributed by atoms with Gasteiger partial charge >= 0.3 is 0 Å². The fourth-order valence-corrected chi connectivity index (χ4v) is 4.60. The topological polar surface area (TPSA) is 90.6 Å². The number of hydrogen-bond donors (Lipinski definition) is 1. The summed E-state index contributed by atoms with van der Waals surface area (Å²) in [6.07, 6.45) is 0. The van der Waals surface area contributed by atoms with Gasteiger partial charge in [0.05, 0.1) is 25.7 Å². The zero-order valence-electron chi connectivity index (χ0n) is 23.1. The Bertz CT molecular complexity index is 1460. The molecule has 0 spiro atoms. The number of hydrazone groups is 1. The summed E-state index contributed by atoms with van der Waals surface area (Å²) >= 11 is 1.29. The van der Waals surface area contributed by atoms with Gasteiger partial charge in [0.2, 0.25) is 0 Å². The summed E-state index contributed by atoms with van der Waals surface area (Å²) in [6, 6.07) is 23.5. The van der Waals surface area contributed by atoms with Gasteiger partial charge < -0.3 is 9.47 Å². The Morgan fingerprint density at radius 3 is 2.28 bits per heavy atom. The highest BCUT2D eigenvalue weighted by Gasteiger charge is 2.19. The predicted molar refractivity (Wildman–Crippen MR) is 156 cm³/mol. The van der Waals surface area contributed by atoms with E-state index in [1.807, 2.05) is 60.0 Å². The van der Waals surface area contributed by atoms with Gasteiger partial charge in [0, 0.05) is 16.8 Å². The lowest BCUT2D eigenvalue weighted by atomic mass is 9.87. The first-order chi connectivity index (χ1) is 18.7. The Morgan fingerprint density at radius 1 is 0.949 bits per heavy atom. The van der Waals surface area contributed by atoms with Crippen molar-refractivity contribution < 1.29 is 14.3 Å². The molecule has 0 aliphatic heterocycles. The second-order valence-electron chi connectivity index (χ2n) is 9.92. The Balaban J connectivity index is 1.55. The third-order valence-corrected chi connectivity index (χ3v) is 7.07. The molecule has 0 bridgehead atoms. The molecule has 1 amide bonds. The number of carbonyl (C=O) groups excluding carboxylic acids is 1. The molecule has 1 heterocycles. The van der Waals surface area contributed by atoms with Gasteiger partial charge in [-0.2, -0.15) is 5.10 Å². The largest absolute Gasteiger partial charge is 0.497 e. The van der Waals surface area contributed by atoms with Crippen molar-refractivity contribution in [2.75, 3.05) is 20.0 Å². The van der Waals surface area contributed by atoms with E-state index in [1.165, 1.54) is 17.3 Å². The molecule has 0 radical (unpaired) electrons. The minimum absolute atomic E-state index is 0.0456. The number of nitrogens with one attached hydrogen (secondary N) is 1.